The van der Waals surface area contributed by atoms with Crippen LogP contribution in [0.15, 0.2) is 24.3 Å². The maximum absolute atomic E-state index is 5.78. The molecule has 0 aliphatic rings. The van der Waals surface area contributed by atoms with Crippen LogP contribution in [0.3, 0.4) is 0 Å². The van der Waals surface area contributed by atoms with Crippen LogP contribution < -0.4 is 10.5 Å². The van der Waals surface area contributed by atoms with Crippen molar-refractivity contribution in [2.75, 3.05) is 13.2 Å². The van der Waals surface area contributed by atoms with Gasteiger partial charge in [0.15, 0.2) is 0 Å². The Bertz CT molecular complexity index is 289. The highest BCUT2D eigenvalue weighted by molar-refractivity contribution is 5.28. The molecule has 84 valence electrons. The van der Waals surface area contributed by atoms with Gasteiger partial charge in [-0.05, 0) is 31.5 Å². The van der Waals surface area contributed by atoms with Crippen molar-refractivity contribution in [1.29, 1.82) is 0 Å². The van der Waals surface area contributed by atoms with Crippen LogP contribution in [0.25, 0.3) is 0 Å². The van der Waals surface area contributed by atoms with Gasteiger partial charge in [-0.15, -0.1) is 0 Å². The van der Waals surface area contributed by atoms with Crippen LogP contribution in [0.1, 0.15) is 19.4 Å². The van der Waals surface area contributed by atoms with E-state index >= 15 is 0 Å². The summed E-state index contributed by atoms with van der Waals surface area (Å²) >= 11 is 0. The molecule has 0 aliphatic carbocycles. The highest BCUT2D eigenvalue weighted by Gasteiger charge is 2.03. The molecule has 1 unspecified atom stereocenters. The van der Waals surface area contributed by atoms with Crippen molar-refractivity contribution in [3.05, 3.63) is 29.8 Å². The average Bonchev–Trinajstić information content (AvgIpc) is 2.19. The maximum atomic E-state index is 5.78. The lowest BCUT2D eigenvalue weighted by atomic mass is 10.1. The van der Waals surface area contributed by atoms with Gasteiger partial charge in [0, 0.05) is 13.0 Å². The Hall–Kier alpha value is -1.06. The van der Waals surface area contributed by atoms with Crippen molar-refractivity contribution in [2.24, 2.45) is 5.73 Å². The molecule has 15 heavy (non-hydrogen) atoms. The molecule has 0 spiro atoms. The molecule has 0 radical (unpaired) electrons. The van der Waals surface area contributed by atoms with Gasteiger partial charge in [-0.1, -0.05) is 12.1 Å². The Labute approximate surface area is 91.2 Å². The third-order valence-corrected chi connectivity index (χ3v) is 2.03. The van der Waals surface area contributed by atoms with Gasteiger partial charge in [-0.3, -0.25) is 0 Å². The number of hydrogen-bond acceptors (Lipinski definition) is 3. The largest absolute Gasteiger partial charge is 0.494 e. The summed E-state index contributed by atoms with van der Waals surface area (Å²) in [6.45, 7) is 5.24. The molecule has 1 aromatic carbocycles. The fraction of sp³-hybridized carbons (Fsp3) is 0.500. The zero-order chi connectivity index (χ0) is 11.1. The fourth-order valence-corrected chi connectivity index (χ4v) is 1.43. The molecule has 0 amide bonds. The predicted molar refractivity (Wildman–Crippen MR) is 60.9 cm³/mol. The SMILES string of the molecule is CCOc1cccc(CC(N)OCC)c1. The van der Waals surface area contributed by atoms with E-state index in [1.165, 1.54) is 0 Å². The van der Waals surface area contributed by atoms with E-state index in [-0.39, 0.29) is 6.23 Å². The molecule has 1 atom stereocenters. The Kier molecular flexibility index (Phi) is 5.15. The van der Waals surface area contributed by atoms with Crippen LogP contribution in [0.5, 0.6) is 5.75 Å². The second-order valence-corrected chi connectivity index (χ2v) is 3.28. The van der Waals surface area contributed by atoms with E-state index in [1.54, 1.807) is 0 Å². The summed E-state index contributed by atoms with van der Waals surface area (Å²) in [7, 11) is 0. The third-order valence-electron chi connectivity index (χ3n) is 2.03. The lowest BCUT2D eigenvalue weighted by Crippen LogP contribution is -2.26. The van der Waals surface area contributed by atoms with E-state index in [1.807, 2.05) is 38.1 Å². The Morgan fingerprint density at radius 2 is 2.07 bits per heavy atom. The lowest BCUT2D eigenvalue weighted by molar-refractivity contribution is 0.0681. The molecule has 0 aromatic heterocycles. The molecule has 0 saturated carbocycles. The predicted octanol–water partition coefficient (Wildman–Crippen LogP) is 1.95. The molecule has 1 aromatic rings. The second-order valence-electron chi connectivity index (χ2n) is 3.28. The van der Waals surface area contributed by atoms with Gasteiger partial charge in [0.2, 0.25) is 0 Å². The summed E-state index contributed by atoms with van der Waals surface area (Å²) in [4.78, 5) is 0. The van der Waals surface area contributed by atoms with Crippen LogP contribution in [0.2, 0.25) is 0 Å². The zero-order valence-corrected chi connectivity index (χ0v) is 9.40. The minimum absolute atomic E-state index is 0.230. The van der Waals surface area contributed by atoms with E-state index in [0.717, 1.165) is 17.7 Å². The second kappa shape index (κ2) is 6.43. The van der Waals surface area contributed by atoms with Gasteiger partial charge in [0.25, 0.3) is 0 Å². The molecular weight excluding hydrogens is 190 g/mol. The summed E-state index contributed by atoms with van der Waals surface area (Å²) in [5.41, 5.74) is 6.92. The summed E-state index contributed by atoms with van der Waals surface area (Å²) in [6, 6.07) is 7.95. The summed E-state index contributed by atoms with van der Waals surface area (Å²) < 4.78 is 10.7. The van der Waals surface area contributed by atoms with Crippen molar-refractivity contribution in [3.63, 3.8) is 0 Å². The first kappa shape index (κ1) is 12.0. The van der Waals surface area contributed by atoms with E-state index < -0.39 is 0 Å². The molecule has 1 rings (SSSR count). The minimum atomic E-state index is -0.230. The third kappa shape index (κ3) is 4.32. The number of benzene rings is 1. The normalized spacial score (nSPS) is 12.5. The molecule has 0 fully saturated rings. The van der Waals surface area contributed by atoms with Gasteiger partial charge in [0.05, 0.1) is 6.61 Å². The topological polar surface area (TPSA) is 44.5 Å². The van der Waals surface area contributed by atoms with Gasteiger partial charge in [0.1, 0.15) is 12.0 Å². The van der Waals surface area contributed by atoms with Crippen LogP contribution in [0, 0.1) is 0 Å². The number of hydrogen-bond donors (Lipinski definition) is 1. The van der Waals surface area contributed by atoms with E-state index in [4.69, 9.17) is 15.2 Å². The number of ether oxygens (including phenoxy) is 2. The Morgan fingerprint density at radius 3 is 2.73 bits per heavy atom. The lowest BCUT2D eigenvalue weighted by Gasteiger charge is -2.12. The first-order valence-electron chi connectivity index (χ1n) is 5.35. The minimum Gasteiger partial charge on any atom is -0.494 e. The van der Waals surface area contributed by atoms with E-state index in [0.29, 0.717) is 13.2 Å². The zero-order valence-electron chi connectivity index (χ0n) is 9.40. The quantitative estimate of drug-likeness (QED) is 0.728. The van der Waals surface area contributed by atoms with Gasteiger partial charge >= 0.3 is 0 Å². The summed E-state index contributed by atoms with van der Waals surface area (Å²) in [5.74, 6) is 0.888. The van der Waals surface area contributed by atoms with E-state index in [2.05, 4.69) is 0 Å². The van der Waals surface area contributed by atoms with Gasteiger partial charge in [-0.25, -0.2) is 0 Å². The molecule has 3 heteroatoms. The van der Waals surface area contributed by atoms with Crippen molar-refractivity contribution < 1.29 is 9.47 Å². The van der Waals surface area contributed by atoms with Crippen LogP contribution in [0.4, 0.5) is 0 Å². The first-order valence-corrected chi connectivity index (χ1v) is 5.35. The van der Waals surface area contributed by atoms with Crippen molar-refractivity contribution in [2.45, 2.75) is 26.5 Å². The maximum Gasteiger partial charge on any atom is 0.119 e. The van der Waals surface area contributed by atoms with Crippen LogP contribution in [-0.4, -0.2) is 19.4 Å². The smallest absolute Gasteiger partial charge is 0.119 e. The number of rotatable bonds is 6. The van der Waals surface area contributed by atoms with Gasteiger partial charge < -0.3 is 15.2 Å². The molecule has 0 aliphatic heterocycles. The van der Waals surface area contributed by atoms with E-state index in [9.17, 15) is 0 Å². The molecule has 0 saturated heterocycles. The fourth-order valence-electron chi connectivity index (χ4n) is 1.43. The summed E-state index contributed by atoms with van der Waals surface area (Å²) in [5, 5.41) is 0. The van der Waals surface area contributed by atoms with Gasteiger partial charge in [-0.2, -0.15) is 0 Å². The molecular formula is C12H19NO2. The standard InChI is InChI=1S/C12H19NO2/c1-3-14-11-7-5-6-10(8-11)9-12(13)15-4-2/h5-8,12H,3-4,9,13H2,1-2H3. The summed E-state index contributed by atoms with van der Waals surface area (Å²) in [6.07, 6.45) is 0.487. The van der Waals surface area contributed by atoms with Crippen molar-refractivity contribution in [1.82, 2.24) is 0 Å². The molecule has 3 nitrogen and oxygen atoms in total. The highest BCUT2D eigenvalue weighted by atomic mass is 16.5. The average molecular weight is 209 g/mol. The number of nitrogens with two attached hydrogens (primary N) is 1. The molecule has 0 heterocycles. The molecule has 0 bridgehead atoms. The Morgan fingerprint density at radius 1 is 1.27 bits per heavy atom. The monoisotopic (exact) mass is 209 g/mol. The van der Waals surface area contributed by atoms with Crippen molar-refractivity contribution >= 4 is 0 Å². The molecule has 2 N–H and O–H groups in total. The Balaban J connectivity index is 2.56. The van der Waals surface area contributed by atoms with Crippen molar-refractivity contribution in [3.8, 4) is 5.75 Å². The first-order chi connectivity index (χ1) is 7.26. The highest BCUT2D eigenvalue weighted by Crippen LogP contribution is 2.14. The van der Waals surface area contributed by atoms with Crippen LogP contribution >= 0.6 is 0 Å². The van der Waals surface area contributed by atoms with Crippen LogP contribution in [-0.2, 0) is 11.2 Å².